The van der Waals surface area contributed by atoms with Crippen LogP contribution in [0.15, 0.2) is 30.7 Å². The number of nitrogens with zero attached hydrogens (tertiary/aromatic N) is 3. The van der Waals surface area contributed by atoms with Gasteiger partial charge in [0.25, 0.3) is 5.91 Å². The van der Waals surface area contributed by atoms with Crippen molar-refractivity contribution in [1.82, 2.24) is 25.6 Å². The van der Waals surface area contributed by atoms with Crippen LogP contribution in [0.5, 0.6) is 0 Å². The van der Waals surface area contributed by atoms with E-state index < -0.39 is 0 Å². The summed E-state index contributed by atoms with van der Waals surface area (Å²) in [6.07, 6.45) is 6.99. The van der Waals surface area contributed by atoms with Gasteiger partial charge in [-0.25, -0.2) is 9.97 Å². The molecule has 0 unspecified atom stereocenters. The zero-order chi connectivity index (χ0) is 18.8. The zero-order valence-corrected chi connectivity index (χ0v) is 15.7. The average molecular weight is 367 g/mol. The number of ether oxygens (including phenoxy) is 1. The standard InChI is InChI=1S/C20H25N5O2/c1-12-16(11-23-19(24-12)13-4-3-5-21-8-13)20(26)25-17-6-14-9-22-10-15(14)7-18(17)27-2/h3-5,8,11,14-15,17-18,22H,6-7,9-10H2,1-2H3,(H,25,26)/t14-,15+,17-,18-/m0/s1. The molecule has 1 aliphatic heterocycles. The van der Waals surface area contributed by atoms with Crippen molar-refractivity contribution in [1.29, 1.82) is 0 Å². The predicted molar refractivity (Wildman–Crippen MR) is 101 cm³/mol. The first-order valence-corrected chi connectivity index (χ1v) is 9.44. The van der Waals surface area contributed by atoms with E-state index in [1.807, 2.05) is 19.1 Å². The molecule has 1 saturated carbocycles. The van der Waals surface area contributed by atoms with E-state index >= 15 is 0 Å². The summed E-state index contributed by atoms with van der Waals surface area (Å²) in [7, 11) is 1.73. The highest BCUT2D eigenvalue weighted by atomic mass is 16.5. The summed E-state index contributed by atoms with van der Waals surface area (Å²) in [6, 6.07) is 3.76. The van der Waals surface area contributed by atoms with Gasteiger partial charge in [-0.2, -0.15) is 0 Å². The molecule has 1 amide bonds. The van der Waals surface area contributed by atoms with E-state index in [1.54, 1.807) is 25.7 Å². The van der Waals surface area contributed by atoms with Crippen LogP contribution >= 0.6 is 0 Å². The fourth-order valence-corrected chi connectivity index (χ4v) is 4.26. The average Bonchev–Trinajstić information content (AvgIpc) is 3.15. The normalized spacial score (nSPS) is 27.2. The van der Waals surface area contributed by atoms with Crippen molar-refractivity contribution in [2.24, 2.45) is 11.8 Å². The molecule has 0 spiro atoms. The van der Waals surface area contributed by atoms with Gasteiger partial charge in [0.15, 0.2) is 5.82 Å². The Kier molecular flexibility index (Phi) is 5.13. The summed E-state index contributed by atoms with van der Waals surface area (Å²) in [5.41, 5.74) is 2.00. The van der Waals surface area contributed by atoms with Gasteiger partial charge in [-0.15, -0.1) is 0 Å². The number of nitrogens with one attached hydrogen (secondary N) is 2. The number of hydrogen-bond acceptors (Lipinski definition) is 6. The molecule has 4 atom stereocenters. The van der Waals surface area contributed by atoms with Crippen LogP contribution in [0, 0.1) is 18.8 Å². The monoisotopic (exact) mass is 367 g/mol. The minimum absolute atomic E-state index is 0.0149. The van der Waals surface area contributed by atoms with E-state index in [4.69, 9.17) is 4.74 Å². The highest BCUT2D eigenvalue weighted by Gasteiger charge is 2.40. The molecule has 1 aliphatic carbocycles. The number of carbonyl (C=O) groups excluding carboxylic acids is 1. The van der Waals surface area contributed by atoms with E-state index in [0.29, 0.717) is 28.9 Å². The third kappa shape index (κ3) is 3.70. The third-order valence-corrected chi connectivity index (χ3v) is 5.78. The van der Waals surface area contributed by atoms with Crippen LogP contribution in [-0.2, 0) is 4.74 Å². The Morgan fingerprint density at radius 1 is 1.26 bits per heavy atom. The Bertz CT molecular complexity index is 813. The Morgan fingerprint density at radius 2 is 2.07 bits per heavy atom. The van der Waals surface area contributed by atoms with Gasteiger partial charge in [-0.1, -0.05) is 0 Å². The lowest BCUT2D eigenvalue weighted by atomic mass is 9.77. The van der Waals surface area contributed by atoms with Crippen LogP contribution in [0.2, 0.25) is 0 Å². The summed E-state index contributed by atoms with van der Waals surface area (Å²) in [4.78, 5) is 25.8. The number of aryl methyl sites for hydroxylation is 1. The van der Waals surface area contributed by atoms with E-state index in [2.05, 4.69) is 25.6 Å². The van der Waals surface area contributed by atoms with Gasteiger partial charge in [0.05, 0.1) is 23.4 Å². The number of amides is 1. The first kappa shape index (κ1) is 18.0. The van der Waals surface area contributed by atoms with Crippen molar-refractivity contribution in [3.63, 3.8) is 0 Å². The fourth-order valence-electron chi connectivity index (χ4n) is 4.26. The number of pyridine rings is 1. The summed E-state index contributed by atoms with van der Waals surface area (Å²) >= 11 is 0. The Morgan fingerprint density at radius 3 is 2.78 bits per heavy atom. The first-order valence-electron chi connectivity index (χ1n) is 9.44. The quantitative estimate of drug-likeness (QED) is 0.853. The summed E-state index contributed by atoms with van der Waals surface area (Å²) < 4.78 is 5.68. The number of fused-ring (bicyclic) bond motifs is 1. The molecule has 2 fully saturated rings. The van der Waals surface area contributed by atoms with E-state index in [-0.39, 0.29) is 18.1 Å². The maximum absolute atomic E-state index is 12.9. The van der Waals surface area contributed by atoms with Crippen molar-refractivity contribution in [3.8, 4) is 11.4 Å². The smallest absolute Gasteiger partial charge is 0.255 e. The molecule has 0 radical (unpaired) electrons. The molecule has 2 N–H and O–H groups in total. The minimum atomic E-state index is -0.137. The van der Waals surface area contributed by atoms with Crippen LogP contribution in [0.1, 0.15) is 28.9 Å². The van der Waals surface area contributed by atoms with E-state index in [0.717, 1.165) is 31.5 Å². The molecule has 2 aliphatic rings. The van der Waals surface area contributed by atoms with Gasteiger partial charge in [0, 0.05) is 31.3 Å². The molecule has 7 nitrogen and oxygen atoms in total. The predicted octanol–water partition coefficient (Wildman–Crippen LogP) is 1.59. The second-order valence-electron chi connectivity index (χ2n) is 7.44. The highest BCUT2D eigenvalue weighted by Crippen LogP contribution is 2.34. The number of methoxy groups -OCH3 is 1. The van der Waals surface area contributed by atoms with Crippen LogP contribution in [0.4, 0.5) is 0 Å². The van der Waals surface area contributed by atoms with Gasteiger partial charge in [0.2, 0.25) is 0 Å². The van der Waals surface area contributed by atoms with E-state index in [1.165, 1.54) is 0 Å². The molecule has 7 heteroatoms. The SMILES string of the molecule is CO[C@H]1C[C@@H]2CNC[C@@H]2C[C@@H]1NC(=O)c1cnc(-c2cccnc2)nc1C. The molecule has 2 aromatic rings. The largest absolute Gasteiger partial charge is 0.379 e. The maximum Gasteiger partial charge on any atom is 0.255 e. The second-order valence-corrected chi connectivity index (χ2v) is 7.44. The molecule has 2 aromatic heterocycles. The molecular formula is C20H25N5O2. The molecule has 142 valence electrons. The van der Waals surface area contributed by atoms with Crippen molar-refractivity contribution >= 4 is 5.91 Å². The number of hydrogen-bond donors (Lipinski definition) is 2. The second kappa shape index (κ2) is 7.70. The summed E-state index contributed by atoms with van der Waals surface area (Å²) in [5, 5.41) is 6.62. The maximum atomic E-state index is 12.9. The summed E-state index contributed by atoms with van der Waals surface area (Å²) in [6.45, 7) is 3.91. The van der Waals surface area contributed by atoms with Crippen molar-refractivity contribution in [3.05, 3.63) is 42.0 Å². The van der Waals surface area contributed by atoms with Crippen molar-refractivity contribution in [2.75, 3.05) is 20.2 Å². The Labute approximate surface area is 159 Å². The van der Waals surface area contributed by atoms with Crippen LogP contribution in [-0.4, -0.2) is 53.2 Å². The van der Waals surface area contributed by atoms with Gasteiger partial charge in [0.1, 0.15) is 0 Å². The highest BCUT2D eigenvalue weighted by molar-refractivity contribution is 5.95. The fraction of sp³-hybridized carbons (Fsp3) is 0.500. The number of aromatic nitrogens is 3. The minimum Gasteiger partial charge on any atom is -0.379 e. The number of carbonyl (C=O) groups is 1. The lowest BCUT2D eigenvalue weighted by Crippen LogP contribution is -2.50. The van der Waals surface area contributed by atoms with Crippen LogP contribution in [0.3, 0.4) is 0 Å². The van der Waals surface area contributed by atoms with Crippen LogP contribution in [0.25, 0.3) is 11.4 Å². The van der Waals surface area contributed by atoms with Crippen molar-refractivity contribution < 1.29 is 9.53 Å². The molecule has 4 rings (SSSR count). The van der Waals surface area contributed by atoms with E-state index in [9.17, 15) is 4.79 Å². The third-order valence-electron chi connectivity index (χ3n) is 5.78. The first-order chi connectivity index (χ1) is 13.2. The zero-order valence-electron chi connectivity index (χ0n) is 15.7. The number of rotatable bonds is 4. The van der Waals surface area contributed by atoms with Crippen LogP contribution < -0.4 is 10.6 Å². The molecule has 0 bridgehead atoms. The topological polar surface area (TPSA) is 89.0 Å². The molecule has 0 aromatic carbocycles. The van der Waals surface area contributed by atoms with Gasteiger partial charge in [-0.3, -0.25) is 9.78 Å². The van der Waals surface area contributed by atoms with Crippen molar-refractivity contribution in [2.45, 2.75) is 31.9 Å². The lowest BCUT2D eigenvalue weighted by molar-refractivity contribution is 0.0125. The van der Waals surface area contributed by atoms with Gasteiger partial charge >= 0.3 is 0 Å². The van der Waals surface area contributed by atoms with Gasteiger partial charge in [-0.05, 0) is 56.8 Å². The lowest BCUT2D eigenvalue weighted by Gasteiger charge is -2.37. The molecule has 1 saturated heterocycles. The summed E-state index contributed by atoms with van der Waals surface area (Å²) in [5.74, 6) is 1.69. The molecule has 27 heavy (non-hydrogen) atoms. The Balaban J connectivity index is 1.49. The Hall–Kier alpha value is -2.38. The van der Waals surface area contributed by atoms with Gasteiger partial charge < -0.3 is 15.4 Å². The molecule has 3 heterocycles. The molecular weight excluding hydrogens is 342 g/mol.